The average Bonchev–Trinajstić information content (AvgIpc) is 3.38. The molecule has 0 spiro atoms. The van der Waals surface area contributed by atoms with Crippen molar-refractivity contribution in [2.75, 3.05) is 5.33 Å². The van der Waals surface area contributed by atoms with Crippen LogP contribution in [0.5, 0.6) is 0 Å². The number of halogens is 1. The summed E-state index contributed by atoms with van der Waals surface area (Å²) in [5.41, 5.74) is 0.324. The first-order valence-corrected chi connectivity index (χ1v) is 13.3. The molecule has 0 aliphatic heterocycles. The van der Waals surface area contributed by atoms with Gasteiger partial charge in [0.2, 0.25) is 0 Å². The lowest BCUT2D eigenvalue weighted by Gasteiger charge is -2.57. The molecular weight excluding hydrogens is 396 g/mol. The lowest BCUT2D eigenvalue weighted by molar-refractivity contribution is -0.111. The molecule has 0 bridgehead atoms. The van der Waals surface area contributed by atoms with Gasteiger partial charge in [-0.05, 0) is 117 Å². The lowest BCUT2D eigenvalue weighted by Crippen LogP contribution is -2.51. The highest BCUT2D eigenvalue weighted by Gasteiger charge is 2.58. The van der Waals surface area contributed by atoms with Crippen molar-refractivity contribution in [1.29, 1.82) is 0 Å². The molecule has 0 heterocycles. The van der Waals surface area contributed by atoms with Crippen LogP contribution in [0.2, 0.25) is 0 Å². The van der Waals surface area contributed by atoms with Gasteiger partial charge in [-0.25, -0.2) is 0 Å². The quantitative estimate of drug-likeness (QED) is 0.479. The molecule has 3 unspecified atom stereocenters. The van der Waals surface area contributed by atoms with Crippen LogP contribution in [0.4, 0.5) is 0 Å². The number of hydrogen-bond donors (Lipinski definition) is 1. The third kappa shape index (κ3) is 3.28. The highest BCUT2D eigenvalue weighted by Crippen LogP contribution is 2.66. The van der Waals surface area contributed by atoms with Gasteiger partial charge in [-0.15, -0.1) is 0 Å². The zero-order chi connectivity index (χ0) is 18.8. The summed E-state index contributed by atoms with van der Waals surface area (Å²) in [5.74, 6) is 7.42. The van der Waals surface area contributed by atoms with Crippen LogP contribution in [0.15, 0.2) is 0 Å². The van der Waals surface area contributed by atoms with Crippen molar-refractivity contribution in [3.8, 4) is 0 Å². The van der Waals surface area contributed by atoms with E-state index in [0.717, 1.165) is 66.6 Å². The van der Waals surface area contributed by atoms with Crippen molar-refractivity contribution >= 4 is 15.9 Å². The lowest BCUT2D eigenvalue weighted by atomic mass is 9.48. The molecule has 27 heavy (non-hydrogen) atoms. The Morgan fingerprint density at radius 1 is 0.926 bits per heavy atom. The topological polar surface area (TPSA) is 20.2 Å². The van der Waals surface area contributed by atoms with Crippen LogP contribution >= 0.6 is 15.9 Å². The van der Waals surface area contributed by atoms with Crippen molar-refractivity contribution in [3.05, 3.63) is 0 Å². The number of rotatable bonds is 4. The Morgan fingerprint density at radius 3 is 2.44 bits per heavy atom. The average molecular weight is 438 g/mol. The summed E-state index contributed by atoms with van der Waals surface area (Å²) in [6, 6.07) is 0. The van der Waals surface area contributed by atoms with E-state index in [2.05, 4.69) is 29.8 Å². The van der Waals surface area contributed by atoms with Gasteiger partial charge in [0.25, 0.3) is 0 Å². The SMILES string of the molecule is CC(CBr)[C@H]1CC[C@H]2[C@@H]3CCC4C[C@@](O)(CC5CC5)CCC4[C@H]3CC[C@]12C. The molecule has 154 valence electrons. The molecule has 5 saturated carbocycles. The summed E-state index contributed by atoms with van der Waals surface area (Å²) in [7, 11) is 0. The number of aliphatic hydroxyl groups is 1. The van der Waals surface area contributed by atoms with Gasteiger partial charge < -0.3 is 5.11 Å². The molecular formula is C25H41BrO. The predicted molar refractivity (Wildman–Crippen MR) is 116 cm³/mol. The van der Waals surface area contributed by atoms with Crippen molar-refractivity contribution in [2.24, 2.45) is 52.8 Å². The molecule has 5 aliphatic rings. The van der Waals surface area contributed by atoms with E-state index in [9.17, 15) is 5.11 Å². The normalized spacial score (nSPS) is 53.3. The molecule has 1 N–H and O–H groups in total. The fourth-order valence-electron chi connectivity index (χ4n) is 9.09. The monoisotopic (exact) mass is 436 g/mol. The Labute approximate surface area is 175 Å². The molecule has 0 saturated heterocycles. The Hall–Kier alpha value is 0.440. The van der Waals surface area contributed by atoms with Gasteiger partial charge >= 0.3 is 0 Å². The van der Waals surface area contributed by atoms with E-state index in [0.29, 0.717) is 5.41 Å². The first-order chi connectivity index (χ1) is 12.9. The summed E-state index contributed by atoms with van der Waals surface area (Å²) in [5, 5.41) is 12.4. The van der Waals surface area contributed by atoms with Crippen molar-refractivity contribution < 1.29 is 5.11 Å². The van der Waals surface area contributed by atoms with Gasteiger partial charge in [0.05, 0.1) is 5.60 Å². The smallest absolute Gasteiger partial charge is 0.0653 e. The maximum atomic E-state index is 11.2. The van der Waals surface area contributed by atoms with Gasteiger partial charge in [-0.1, -0.05) is 42.6 Å². The molecule has 9 atom stereocenters. The Balaban J connectivity index is 1.30. The predicted octanol–water partition coefficient (Wildman–Crippen LogP) is 6.82. The van der Waals surface area contributed by atoms with Crippen molar-refractivity contribution in [3.63, 3.8) is 0 Å². The van der Waals surface area contributed by atoms with E-state index >= 15 is 0 Å². The van der Waals surface area contributed by atoms with Crippen molar-refractivity contribution in [1.82, 2.24) is 0 Å². The van der Waals surface area contributed by atoms with Crippen LogP contribution in [0.1, 0.15) is 90.9 Å². The number of hydrogen-bond acceptors (Lipinski definition) is 1. The van der Waals surface area contributed by atoms with Gasteiger partial charge in [-0.2, -0.15) is 0 Å². The molecule has 5 aliphatic carbocycles. The third-order valence-electron chi connectivity index (χ3n) is 10.5. The second kappa shape index (κ2) is 7.00. The van der Waals surface area contributed by atoms with Gasteiger partial charge in [0.1, 0.15) is 0 Å². The molecule has 2 heteroatoms. The minimum atomic E-state index is -0.290. The largest absolute Gasteiger partial charge is 0.390 e. The zero-order valence-electron chi connectivity index (χ0n) is 17.6. The van der Waals surface area contributed by atoms with Crippen LogP contribution in [0.3, 0.4) is 0 Å². The molecule has 0 radical (unpaired) electrons. The summed E-state index contributed by atoms with van der Waals surface area (Å²) in [4.78, 5) is 0. The van der Waals surface area contributed by atoms with E-state index in [4.69, 9.17) is 0 Å². The zero-order valence-corrected chi connectivity index (χ0v) is 19.2. The van der Waals surface area contributed by atoms with E-state index in [1.807, 2.05) is 0 Å². The second-order valence-corrected chi connectivity index (χ2v) is 12.6. The van der Waals surface area contributed by atoms with Gasteiger partial charge in [0.15, 0.2) is 0 Å². The molecule has 5 rings (SSSR count). The minimum Gasteiger partial charge on any atom is -0.390 e. The standard InChI is InChI=1S/C25H41BrO/c1-16(15-26)22-7-8-23-21-6-5-18-14-25(27,13-17-3-4-17)12-10-19(18)20(21)9-11-24(22,23)2/h16-23,27H,3-15H2,1-2H3/t16?,18?,19?,20-,21-,22-,23+,24-,25+/m1/s1. The van der Waals surface area contributed by atoms with Gasteiger partial charge in [-0.3, -0.25) is 0 Å². The van der Waals surface area contributed by atoms with E-state index in [-0.39, 0.29) is 5.60 Å². The number of fused-ring (bicyclic) bond motifs is 5. The van der Waals surface area contributed by atoms with E-state index < -0.39 is 0 Å². The van der Waals surface area contributed by atoms with Crippen LogP contribution in [0, 0.1) is 52.8 Å². The Bertz CT molecular complexity index is 559. The van der Waals surface area contributed by atoms with Crippen LogP contribution < -0.4 is 0 Å². The first-order valence-electron chi connectivity index (χ1n) is 12.2. The molecule has 0 aromatic carbocycles. The summed E-state index contributed by atoms with van der Waals surface area (Å²) in [6.45, 7) is 5.16. The highest BCUT2D eigenvalue weighted by atomic mass is 79.9. The fraction of sp³-hybridized carbons (Fsp3) is 1.00. The van der Waals surface area contributed by atoms with E-state index in [1.165, 1.54) is 63.1 Å². The maximum Gasteiger partial charge on any atom is 0.0653 e. The third-order valence-corrected chi connectivity index (χ3v) is 11.5. The molecule has 5 fully saturated rings. The van der Waals surface area contributed by atoms with Crippen LogP contribution in [-0.4, -0.2) is 16.0 Å². The molecule has 0 amide bonds. The molecule has 1 nitrogen and oxygen atoms in total. The minimum absolute atomic E-state index is 0.290. The first kappa shape index (κ1) is 19.4. The number of alkyl halides is 1. The summed E-state index contributed by atoms with van der Waals surface area (Å²) >= 11 is 3.79. The fourth-order valence-corrected chi connectivity index (χ4v) is 9.54. The molecule has 0 aromatic heterocycles. The van der Waals surface area contributed by atoms with Crippen LogP contribution in [-0.2, 0) is 0 Å². The maximum absolute atomic E-state index is 11.2. The Kier molecular flexibility index (Phi) is 5.03. The summed E-state index contributed by atoms with van der Waals surface area (Å²) in [6.07, 6.45) is 16.3. The molecule has 0 aromatic rings. The van der Waals surface area contributed by atoms with Gasteiger partial charge in [0, 0.05) is 5.33 Å². The highest BCUT2D eigenvalue weighted by molar-refractivity contribution is 9.09. The van der Waals surface area contributed by atoms with E-state index in [1.54, 1.807) is 0 Å². The van der Waals surface area contributed by atoms with Crippen LogP contribution in [0.25, 0.3) is 0 Å². The second-order valence-electron chi connectivity index (χ2n) is 11.9. The van der Waals surface area contributed by atoms with Crippen molar-refractivity contribution in [2.45, 2.75) is 96.5 Å². The Morgan fingerprint density at radius 2 is 1.70 bits per heavy atom. The summed E-state index contributed by atoms with van der Waals surface area (Å²) < 4.78 is 0.